The predicted octanol–water partition coefficient (Wildman–Crippen LogP) is 3.61. The fourth-order valence-corrected chi connectivity index (χ4v) is 6.77. The lowest BCUT2D eigenvalue weighted by Gasteiger charge is -2.35. The molecule has 3 aromatic carbocycles. The van der Waals surface area contributed by atoms with Gasteiger partial charge in [-0.25, -0.2) is 8.42 Å². The van der Waals surface area contributed by atoms with Gasteiger partial charge in [-0.3, -0.25) is 19.3 Å². The van der Waals surface area contributed by atoms with Gasteiger partial charge in [0, 0.05) is 72.4 Å². The first-order chi connectivity index (χ1) is 20.3. The maximum absolute atomic E-state index is 13.6. The summed E-state index contributed by atoms with van der Waals surface area (Å²) in [6, 6.07) is 20.3. The van der Waals surface area contributed by atoms with Gasteiger partial charge < -0.3 is 20.3 Å². The summed E-state index contributed by atoms with van der Waals surface area (Å²) in [5, 5.41) is 0.880. The van der Waals surface area contributed by atoms with Crippen LogP contribution in [0, 0.1) is 5.92 Å². The van der Waals surface area contributed by atoms with Gasteiger partial charge in [-0.15, -0.1) is 0 Å². The number of fused-ring (bicyclic) bond motifs is 1. The standard InChI is InChI=1S/C31H31N5O5S/c32-24-8-11-28(27(19-24)26-5-1-3-21-4-2-13-33-29(21)26)42(39,40)34-25-9-6-22(7-10-25)30(37)35-14-16-36(17-15-35)31(38)23-12-18-41-20-23/h1-11,13,19,23,34H,12,14-18,20,32H2. The third-order valence-corrected chi connectivity index (χ3v) is 9.20. The highest BCUT2D eigenvalue weighted by Gasteiger charge is 2.31. The number of anilines is 2. The number of ether oxygens (including phenoxy) is 1. The fourth-order valence-electron chi connectivity index (χ4n) is 5.50. The lowest BCUT2D eigenvalue weighted by atomic mass is 10.0. The highest BCUT2D eigenvalue weighted by molar-refractivity contribution is 7.92. The second kappa shape index (κ2) is 11.4. The molecule has 2 amide bonds. The van der Waals surface area contributed by atoms with E-state index < -0.39 is 10.0 Å². The van der Waals surface area contributed by atoms with Gasteiger partial charge in [0.05, 0.1) is 22.9 Å². The molecule has 0 spiro atoms. The highest BCUT2D eigenvalue weighted by Crippen LogP contribution is 2.34. The van der Waals surface area contributed by atoms with Crippen molar-refractivity contribution in [2.75, 3.05) is 49.8 Å². The smallest absolute Gasteiger partial charge is 0.262 e. The normalized spacial score (nSPS) is 17.4. The molecule has 0 aliphatic carbocycles. The summed E-state index contributed by atoms with van der Waals surface area (Å²) in [6.45, 7) is 2.92. The van der Waals surface area contributed by atoms with Gasteiger partial charge in [0.25, 0.3) is 15.9 Å². The van der Waals surface area contributed by atoms with Gasteiger partial charge in [0.15, 0.2) is 0 Å². The molecule has 4 aromatic rings. The molecule has 0 radical (unpaired) electrons. The molecule has 2 aliphatic heterocycles. The van der Waals surface area contributed by atoms with Crippen LogP contribution in [0.15, 0.2) is 83.9 Å². The highest BCUT2D eigenvalue weighted by atomic mass is 32.2. The van der Waals surface area contributed by atoms with Crippen molar-refractivity contribution < 1.29 is 22.7 Å². The molecule has 2 saturated heterocycles. The summed E-state index contributed by atoms with van der Waals surface area (Å²) < 4.78 is 35.2. The molecule has 1 atom stereocenters. The molecule has 3 N–H and O–H groups in total. The van der Waals surface area contributed by atoms with Gasteiger partial charge in [0.1, 0.15) is 0 Å². The Kier molecular flexibility index (Phi) is 7.53. The van der Waals surface area contributed by atoms with E-state index in [-0.39, 0.29) is 22.6 Å². The number of nitrogens with two attached hydrogens (primary N) is 1. The monoisotopic (exact) mass is 585 g/mol. The van der Waals surface area contributed by atoms with E-state index >= 15 is 0 Å². The molecule has 42 heavy (non-hydrogen) atoms. The average molecular weight is 586 g/mol. The molecule has 11 heteroatoms. The van der Waals surface area contributed by atoms with Crippen molar-refractivity contribution in [3.8, 4) is 11.1 Å². The van der Waals surface area contributed by atoms with E-state index in [0.717, 1.165) is 11.8 Å². The van der Waals surface area contributed by atoms with Crippen LogP contribution in [0.4, 0.5) is 11.4 Å². The second-order valence-corrected chi connectivity index (χ2v) is 12.1. The zero-order valence-corrected chi connectivity index (χ0v) is 23.7. The fraction of sp³-hybridized carbons (Fsp3) is 0.258. The number of hydrogen-bond donors (Lipinski definition) is 2. The number of sulfonamides is 1. The quantitative estimate of drug-likeness (QED) is 0.330. The number of benzene rings is 3. The van der Waals surface area contributed by atoms with Crippen LogP contribution in [-0.4, -0.2) is 74.4 Å². The molecular formula is C31H31N5O5S. The Hall–Kier alpha value is -4.48. The number of carbonyl (C=O) groups is 2. The van der Waals surface area contributed by atoms with Crippen LogP contribution in [0.5, 0.6) is 0 Å². The van der Waals surface area contributed by atoms with Crippen LogP contribution in [0.25, 0.3) is 22.0 Å². The zero-order chi connectivity index (χ0) is 29.3. The third-order valence-electron chi connectivity index (χ3n) is 7.76. The Morgan fingerprint density at radius 2 is 1.64 bits per heavy atom. The Bertz CT molecular complexity index is 1740. The topological polar surface area (TPSA) is 135 Å². The Morgan fingerprint density at radius 1 is 0.905 bits per heavy atom. The minimum atomic E-state index is -4.03. The number of pyridine rings is 1. The maximum Gasteiger partial charge on any atom is 0.262 e. The summed E-state index contributed by atoms with van der Waals surface area (Å²) >= 11 is 0. The first-order valence-electron chi connectivity index (χ1n) is 13.8. The van der Waals surface area contributed by atoms with Crippen LogP contribution in [-0.2, 0) is 19.6 Å². The van der Waals surface area contributed by atoms with Crippen molar-refractivity contribution in [2.45, 2.75) is 11.3 Å². The minimum Gasteiger partial charge on any atom is -0.399 e. The summed E-state index contributed by atoms with van der Waals surface area (Å²) in [5.41, 5.74) is 9.02. The van der Waals surface area contributed by atoms with Gasteiger partial charge in [-0.2, -0.15) is 0 Å². The van der Waals surface area contributed by atoms with Crippen molar-refractivity contribution >= 4 is 44.1 Å². The van der Waals surface area contributed by atoms with Crippen LogP contribution < -0.4 is 10.5 Å². The first kappa shape index (κ1) is 27.7. The number of nitrogens with zero attached hydrogens (tertiary/aromatic N) is 3. The minimum absolute atomic E-state index is 0.0617. The number of piperazine rings is 1. The molecule has 10 nitrogen and oxygen atoms in total. The average Bonchev–Trinajstić information content (AvgIpc) is 3.55. The van der Waals surface area contributed by atoms with Crippen molar-refractivity contribution in [1.29, 1.82) is 0 Å². The summed E-state index contributed by atoms with van der Waals surface area (Å²) in [4.78, 5) is 33.8. The van der Waals surface area contributed by atoms with E-state index in [0.29, 0.717) is 73.0 Å². The largest absolute Gasteiger partial charge is 0.399 e. The molecule has 1 unspecified atom stereocenters. The van der Waals surface area contributed by atoms with Crippen molar-refractivity contribution in [1.82, 2.24) is 14.8 Å². The van der Waals surface area contributed by atoms with Crippen LogP contribution in [0.2, 0.25) is 0 Å². The predicted molar refractivity (Wildman–Crippen MR) is 160 cm³/mol. The van der Waals surface area contributed by atoms with Crippen LogP contribution >= 0.6 is 0 Å². The van der Waals surface area contributed by atoms with Crippen molar-refractivity contribution in [3.05, 3.63) is 84.6 Å². The Morgan fingerprint density at radius 3 is 2.38 bits per heavy atom. The summed E-state index contributed by atoms with van der Waals surface area (Å²) in [5.74, 6) is -0.154. The maximum atomic E-state index is 13.6. The molecule has 0 saturated carbocycles. The molecule has 3 heterocycles. The molecule has 6 rings (SSSR count). The lowest BCUT2D eigenvalue weighted by molar-refractivity contribution is -0.137. The van der Waals surface area contributed by atoms with Crippen molar-refractivity contribution in [3.63, 3.8) is 0 Å². The summed E-state index contributed by atoms with van der Waals surface area (Å²) in [6.07, 6.45) is 2.41. The van der Waals surface area contributed by atoms with Crippen LogP contribution in [0.3, 0.4) is 0 Å². The number of aromatic nitrogens is 1. The summed E-state index contributed by atoms with van der Waals surface area (Å²) in [7, 11) is -4.03. The molecule has 0 bridgehead atoms. The van der Waals surface area contributed by atoms with E-state index in [4.69, 9.17) is 10.5 Å². The molecular weight excluding hydrogens is 554 g/mol. The number of carbonyl (C=O) groups excluding carboxylic acids is 2. The van der Waals surface area contributed by atoms with E-state index in [1.165, 1.54) is 6.07 Å². The lowest BCUT2D eigenvalue weighted by Crippen LogP contribution is -2.52. The molecule has 2 fully saturated rings. The molecule has 2 aliphatic rings. The van der Waals surface area contributed by atoms with E-state index in [1.807, 2.05) is 30.3 Å². The number of para-hydroxylation sites is 1. The molecule has 216 valence electrons. The Balaban J connectivity index is 1.17. The number of nitrogen functional groups attached to an aromatic ring is 1. The Labute approximate surface area is 244 Å². The van der Waals surface area contributed by atoms with Gasteiger partial charge in [-0.1, -0.05) is 24.3 Å². The van der Waals surface area contributed by atoms with Gasteiger partial charge in [0.2, 0.25) is 5.91 Å². The van der Waals surface area contributed by atoms with Gasteiger partial charge >= 0.3 is 0 Å². The number of rotatable bonds is 6. The zero-order valence-electron chi connectivity index (χ0n) is 22.9. The van der Waals surface area contributed by atoms with Crippen molar-refractivity contribution in [2.24, 2.45) is 5.92 Å². The second-order valence-electron chi connectivity index (χ2n) is 10.5. The van der Waals surface area contributed by atoms with E-state index in [9.17, 15) is 18.0 Å². The number of amides is 2. The first-order valence-corrected chi connectivity index (χ1v) is 15.3. The van der Waals surface area contributed by atoms with E-state index in [2.05, 4.69) is 9.71 Å². The van der Waals surface area contributed by atoms with E-state index in [1.54, 1.807) is 52.4 Å². The van der Waals surface area contributed by atoms with Crippen LogP contribution in [0.1, 0.15) is 16.8 Å². The third kappa shape index (κ3) is 5.53. The number of hydrogen-bond acceptors (Lipinski definition) is 7. The molecule has 1 aromatic heterocycles. The van der Waals surface area contributed by atoms with Gasteiger partial charge in [-0.05, 0) is 55.0 Å². The number of nitrogens with one attached hydrogen (secondary N) is 1. The SMILES string of the molecule is Nc1ccc(S(=O)(=O)Nc2ccc(C(=O)N3CCN(C(=O)C4CCOC4)CC3)cc2)c(-c2cccc3cccnc23)c1.